The second-order valence-electron chi connectivity index (χ2n) is 4.71. The molecule has 2 nitrogen and oxygen atoms in total. The van der Waals surface area contributed by atoms with Crippen LogP contribution in [0.5, 0.6) is 0 Å². The third-order valence-electron chi connectivity index (χ3n) is 3.64. The van der Waals surface area contributed by atoms with Gasteiger partial charge in [0.25, 0.3) is 0 Å². The minimum absolute atomic E-state index is 0.0104. The molecule has 4 heteroatoms. The molecule has 1 spiro atoms. The van der Waals surface area contributed by atoms with Crippen LogP contribution in [0, 0.1) is 11.6 Å². The predicted octanol–water partition coefficient (Wildman–Crippen LogP) is 2.98. The number of benzene rings is 1. The van der Waals surface area contributed by atoms with Crippen LogP contribution in [0.3, 0.4) is 0 Å². The van der Waals surface area contributed by atoms with Crippen molar-refractivity contribution in [3.05, 3.63) is 35.4 Å². The van der Waals surface area contributed by atoms with Gasteiger partial charge < -0.3 is 9.47 Å². The Kier molecular flexibility index (Phi) is 2.64. The second-order valence-corrected chi connectivity index (χ2v) is 4.71. The van der Waals surface area contributed by atoms with E-state index in [1.54, 1.807) is 0 Å². The molecule has 1 aromatic carbocycles. The van der Waals surface area contributed by atoms with Crippen LogP contribution in [-0.4, -0.2) is 19.0 Å². The Hall–Kier alpha value is -1.00. The number of hydrogen-bond acceptors (Lipinski definition) is 2. The Labute approximate surface area is 98.5 Å². The highest BCUT2D eigenvalue weighted by Crippen LogP contribution is 2.46. The zero-order chi connectivity index (χ0) is 11.9. The molecule has 2 aliphatic rings. The van der Waals surface area contributed by atoms with Gasteiger partial charge in [-0.1, -0.05) is 0 Å². The summed E-state index contributed by atoms with van der Waals surface area (Å²) in [5, 5.41) is 0. The maximum Gasteiger partial charge on any atom is 0.169 e. The van der Waals surface area contributed by atoms with Gasteiger partial charge in [-0.25, -0.2) is 8.78 Å². The van der Waals surface area contributed by atoms with Crippen LogP contribution in [0.25, 0.3) is 0 Å². The lowest BCUT2D eigenvalue weighted by atomic mass is 9.96. The predicted molar refractivity (Wildman–Crippen MR) is 57.6 cm³/mol. The molecule has 1 saturated carbocycles. The van der Waals surface area contributed by atoms with Crippen molar-refractivity contribution in [3.63, 3.8) is 0 Å². The van der Waals surface area contributed by atoms with E-state index in [0.29, 0.717) is 25.2 Å². The molecule has 1 saturated heterocycles. The molecule has 0 bridgehead atoms. The quantitative estimate of drug-likeness (QED) is 0.751. The van der Waals surface area contributed by atoms with E-state index in [9.17, 15) is 8.78 Å². The van der Waals surface area contributed by atoms with Crippen LogP contribution in [0.15, 0.2) is 18.2 Å². The van der Waals surface area contributed by atoms with E-state index < -0.39 is 11.6 Å². The van der Waals surface area contributed by atoms with Crippen molar-refractivity contribution in [1.82, 2.24) is 0 Å². The van der Waals surface area contributed by atoms with Crippen molar-refractivity contribution in [1.29, 1.82) is 0 Å². The van der Waals surface area contributed by atoms with Gasteiger partial charge in [0.15, 0.2) is 5.79 Å². The van der Waals surface area contributed by atoms with Crippen LogP contribution in [0.1, 0.15) is 30.7 Å². The van der Waals surface area contributed by atoms with E-state index >= 15 is 0 Å². The highest BCUT2D eigenvalue weighted by atomic mass is 19.1. The van der Waals surface area contributed by atoms with Crippen LogP contribution in [0.4, 0.5) is 8.78 Å². The third kappa shape index (κ3) is 1.96. The molecule has 1 unspecified atom stereocenters. The standard InChI is InChI=1S/C13H14F2O2/c14-10-1-2-12(15)11(7-10)9-3-4-13(8-9)16-5-6-17-13/h1-2,7,9H,3-6,8H2. The summed E-state index contributed by atoms with van der Waals surface area (Å²) in [6, 6.07) is 3.62. The summed E-state index contributed by atoms with van der Waals surface area (Å²) >= 11 is 0. The molecule has 0 aromatic heterocycles. The maximum atomic E-state index is 13.6. The lowest BCUT2D eigenvalue weighted by Gasteiger charge is -2.21. The van der Waals surface area contributed by atoms with Crippen molar-refractivity contribution >= 4 is 0 Å². The van der Waals surface area contributed by atoms with Crippen LogP contribution in [0.2, 0.25) is 0 Å². The zero-order valence-corrected chi connectivity index (χ0v) is 9.42. The van der Waals surface area contributed by atoms with Crippen molar-refractivity contribution in [2.45, 2.75) is 31.0 Å². The van der Waals surface area contributed by atoms with Gasteiger partial charge in [-0.05, 0) is 36.1 Å². The molecular formula is C13H14F2O2. The van der Waals surface area contributed by atoms with Crippen LogP contribution >= 0.6 is 0 Å². The molecule has 3 rings (SSSR count). The average molecular weight is 240 g/mol. The van der Waals surface area contributed by atoms with Gasteiger partial charge in [0.2, 0.25) is 0 Å². The highest BCUT2D eigenvalue weighted by molar-refractivity contribution is 5.24. The SMILES string of the molecule is Fc1ccc(F)c(C2CCC3(C2)OCCO3)c1. The zero-order valence-electron chi connectivity index (χ0n) is 9.42. The molecule has 0 N–H and O–H groups in total. The Morgan fingerprint density at radius 1 is 1.18 bits per heavy atom. The van der Waals surface area contributed by atoms with Crippen LogP contribution in [-0.2, 0) is 9.47 Å². The maximum absolute atomic E-state index is 13.6. The van der Waals surface area contributed by atoms with E-state index in [-0.39, 0.29) is 11.7 Å². The summed E-state index contributed by atoms with van der Waals surface area (Å²) < 4.78 is 38.0. The summed E-state index contributed by atoms with van der Waals surface area (Å²) in [7, 11) is 0. The van der Waals surface area contributed by atoms with E-state index in [1.165, 1.54) is 12.1 Å². The van der Waals surface area contributed by atoms with Gasteiger partial charge in [-0.3, -0.25) is 0 Å². The smallest absolute Gasteiger partial charge is 0.169 e. The first-order valence-electron chi connectivity index (χ1n) is 5.91. The van der Waals surface area contributed by atoms with Crippen molar-refractivity contribution in [2.75, 3.05) is 13.2 Å². The molecule has 0 amide bonds. The fraction of sp³-hybridized carbons (Fsp3) is 0.538. The normalized spacial score (nSPS) is 26.8. The molecule has 1 heterocycles. The first-order chi connectivity index (χ1) is 8.19. The van der Waals surface area contributed by atoms with Gasteiger partial charge >= 0.3 is 0 Å². The lowest BCUT2D eigenvalue weighted by Crippen LogP contribution is -2.25. The first kappa shape index (κ1) is 11.1. The highest BCUT2D eigenvalue weighted by Gasteiger charge is 2.44. The third-order valence-corrected chi connectivity index (χ3v) is 3.64. The molecular weight excluding hydrogens is 226 g/mol. The molecule has 2 fully saturated rings. The van der Waals surface area contributed by atoms with Crippen LogP contribution < -0.4 is 0 Å². The summed E-state index contributed by atoms with van der Waals surface area (Å²) in [4.78, 5) is 0. The molecule has 0 radical (unpaired) electrons. The largest absolute Gasteiger partial charge is 0.348 e. The Morgan fingerprint density at radius 3 is 2.71 bits per heavy atom. The average Bonchev–Trinajstić information content (AvgIpc) is 2.94. The molecule has 1 aliphatic heterocycles. The summed E-state index contributed by atoms with van der Waals surface area (Å²) in [5.41, 5.74) is 0.445. The van der Waals surface area contributed by atoms with Crippen molar-refractivity contribution in [2.24, 2.45) is 0 Å². The van der Waals surface area contributed by atoms with E-state index in [2.05, 4.69) is 0 Å². The van der Waals surface area contributed by atoms with Gasteiger partial charge in [0, 0.05) is 12.8 Å². The van der Waals surface area contributed by atoms with Gasteiger partial charge in [-0.2, -0.15) is 0 Å². The molecule has 17 heavy (non-hydrogen) atoms. The lowest BCUT2D eigenvalue weighted by molar-refractivity contribution is -0.151. The monoisotopic (exact) mass is 240 g/mol. The summed E-state index contributed by atoms with van der Waals surface area (Å²) in [5.74, 6) is -1.28. The van der Waals surface area contributed by atoms with E-state index in [0.717, 1.165) is 18.9 Å². The number of hydrogen-bond donors (Lipinski definition) is 0. The van der Waals surface area contributed by atoms with Gasteiger partial charge in [-0.15, -0.1) is 0 Å². The fourth-order valence-electron chi connectivity index (χ4n) is 2.83. The topological polar surface area (TPSA) is 18.5 Å². The number of rotatable bonds is 1. The molecule has 92 valence electrons. The fourth-order valence-corrected chi connectivity index (χ4v) is 2.83. The molecule has 1 aliphatic carbocycles. The molecule has 1 aromatic rings. The Balaban J connectivity index is 1.84. The number of ether oxygens (including phenoxy) is 2. The van der Waals surface area contributed by atoms with E-state index in [1.807, 2.05) is 0 Å². The van der Waals surface area contributed by atoms with Crippen molar-refractivity contribution in [3.8, 4) is 0 Å². The van der Waals surface area contributed by atoms with Gasteiger partial charge in [0.1, 0.15) is 11.6 Å². The summed E-state index contributed by atoms with van der Waals surface area (Å²) in [6.07, 6.45) is 2.15. The summed E-state index contributed by atoms with van der Waals surface area (Å²) in [6.45, 7) is 1.19. The molecule has 1 atom stereocenters. The Bertz CT molecular complexity index is 427. The second kappa shape index (κ2) is 4.03. The number of halogens is 2. The Morgan fingerprint density at radius 2 is 1.94 bits per heavy atom. The first-order valence-corrected chi connectivity index (χ1v) is 5.91. The van der Waals surface area contributed by atoms with E-state index in [4.69, 9.17) is 9.47 Å². The minimum atomic E-state index is -0.538. The van der Waals surface area contributed by atoms with Crippen molar-refractivity contribution < 1.29 is 18.3 Å². The van der Waals surface area contributed by atoms with Gasteiger partial charge in [0.05, 0.1) is 13.2 Å². The minimum Gasteiger partial charge on any atom is -0.348 e.